The highest BCUT2D eigenvalue weighted by molar-refractivity contribution is 5.02. The van der Waals surface area contributed by atoms with Crippen molar-refractivity contribution in [2.75, 3.05) is 0 Å². The van der Waals surface area contributed by atoms with Crippen molar-refractivity contribution in [3.05, 3.63) is 18.0 Å². The van der Waals surface area contributed by atoms with E-state index in [-0.39, 0.29) is 12.1 Å². The largest absolute Gasteiger partial charge is 0.361 e. The predicted molar refractivity (Wildman–Crippen MR) is 36.2 cm³/mol. The van der Waals surface area contributed by atoms with Crippen molar-refractivity contribution in [3.63, 3.8) is 0 Å². The van der Waals surface area contributed by atoms with Crippen molar-refractivity contribution in [3.8, 4) is 0 Å². The van der Waals surface area contributed by atoms with Gasteiger partial charge in [-0.1, -0.05) is 6.92 Å². The SMILES string of the molecule is CCC(O)(O)c1ccnnn1. The lowest BCUT2D eigenvalue weighted by Gasteiger charge is -2.16. The zero-order valence-corrected chi connectivity index (χ0v) is 6.10. The quantitative estimate of drug-likeness (QED) is 0.558. The second kappa shape index (κ2) is 2.89. The van der Waals surface area contributed by atoms with Gasteiger partial charge in [0.1, 0.15) is 5.69 Å². The summed E-state index contributed by atoms with van der Waals surface area (Å²) in [5.74, 6) is -1.88. The highest BCUT2D eigenvalue weighted by Gasteiger charge is 2.24. The van der Waals surface area contributed by atoms with Crippen LogP contribution in [0.1, 0.15) is 19.0 Å². The van der Waals surface area contributed by atoms with Crippen LogP contribution in [0.4, 0.5) is 0 Å². The van der Waals surface area contributed by atoms with E-state index in [0.717, 1.165) is 0 Å². The molecule has 0 radical (unpaired) electrons. The van der Waals surface area contributed by atoms with Gasteiger partial charge in [-0.05, 0) is 11.3 Å². The normalized spacial score (nSPS) is 11.5. The van der Waals surface area contributed by atoms with Crippen LogP contribution in [-0.4, -0.2) is 25.6 Å². The average Bonchev–Trinajstić information content (AvgIpc) is 2.06. The Kier molecular flexibility index (Phi) is 2.11. The molecular weight excluding hydrogens is 146 g/mol. The molecule has 0 aromatic carbocycles. The predicted octanol–water partition coefficient (Wildman–Crippen LogP) is -0.581. The monoisotopic (exact) mass is 155 g/mol. The Bertz CT molecular complexity index is 225. The zero-order valence-electron chi connectivity index (χ0n) is 6.10. The summed E-state index contributed by atoms with van der Waals surface area (Å²) >= 11 is 0. The lowest BCUT2D eigenvalue weighted by molar-refractivity contribution is -0.174. The number of aromatic nitrogens is 3. The van der Waals surface area contributed by atoms with Crippen LogP contribution in [0.5, 0.6) is 0 Å². The lowest BCUT2D eigenvalue weighted by atomic mass is 10.1. The molecule has 1 aromatic heterocycles. The van der Waals surface area contributed by atoms with Crippen molar-refractivity contribution in [2.45, 2.75) is 19.1 Å². The fraction of sp³-hybridized carbons (Fsp3) is 0.500. The van der Waals surface area contributed by atoms with Gasteiger partial charge in [0, 0.05) is 6.42 Å². The number of nitrogens with zero attached hydrogens (tertiary/aromatic N) is 3. The van der Waals surface area contributed by atoms with Crippen molar-refractivity contribution in [1.29, 1.82) is 0 Å². The summed E-state index contributed by atoms with van der Waals surface area (Å²) in [5, 5.41) is 28.6. The molecule has 1 aromatic rings. The summed E-state index contributed by atoms with van der Waals surface area (Å²) in [4.78, 5) is 0. The second-order valence-corrected chi connectivity index (χ2v) is 2.18. The Balaban J connectivity index is 2.93. The van der Waals surface area contributed by atoms with Crippen LogP contribution in [0, 0.1) is 0 Å². The molecule has 0 saturated heterocycles. The smallest absolute Gasteiger partial charge is 0.208 e. The molecular formula is C6H9N3O2. The van der Waals surface area contributed by atoms with E-state index >= 15 is 0 Å². The molecule has 0 saturated carbocycles. The third-order valence-electron chi connectivity index (χ3n) is 1.41. The Morgan fingerprint density at radius 2 is 2.27 bits per heavy atom. The van der Waals surface area contributed by atoms with Gasteiger partial charge in [-0.3, -0.25) is 0 Å². The van der Waals surface area contributed by atoms with E-state index < -0.39 is 5.79 Å². The van der Waals surface area contributed by atoms with Gasteiger partial charge >= 0.3 is 0 Å². The zero-order chi connectivity index (χ0) is 8.32. The first-order valence-corrected chi connectivity index (χ1v) is 3.26. The Morgan fingerprint density at radius 3 is 2.73 bits per heavy atom. The second-order valence-electron chi connectivity index (χ2n) is 2.18. The van der Waals surface area contributed by atoms with E-state index in [4.69, 9.17) is 0 Å². The van der Waals surface area contributed by atoms with E-state index in [0.29, 0.717) is 0 Å². The third-order valence-corrected chi connectivity index (χ3v) is 1.41. The van der Waals surface area contributed by atoms with E-state index in [1.54, 1.807) is 6.92 Å². The Labute approximate surface area is 63.7 Å². The van der Waals surface area contributed by atoms with Gasteiger partial charge in [-0.25, -0.2) is 0 Å². The van der Waals surface area contributed by atoms with Crippen molar-refractivity contribution in [1.82, 2.24) is 15.4 Å². The number of hydrogen-bond donors (Lipinski definition) is 2. The molecule has 0 atom stereocenters. The van der Waals surface area contributed by atoms with Crippen LogP contribution >= 0.6 is 0 Å². The number of aliphatic hydroxyl groups is 2. The summed E-state index contributed by atoms with van der Waals surface area (Å²) in [6.45, 7) is 1.64. The highest BCUT2D eigenvalue weighted by Crippen LogP contribution is 2.16. The van der Waals surface area contributed by atoms with Gasteiger partial charge in [0.25, 0.3) is 0 Å². The van der Waals surface area contributed by atoms with Crippen LogP contribution in [0.25, 0.3) is 0 Å². The molecule has 0 spiro atoms. The lowest BCUT2D eigenvalue weighted by Crippen LogP contribution is -2.25. The summed E-state index contributed by atoms with van der Waals surface area (Å²) < 4.78 is 0. The van der Waals surface area contributed by atoms with E-state index in [2.05, 4.69) is 15.4 Å². The van der Waals surface area contributed by atoms with Crippen LogP contribution < -0.4 is 0 Å². The molecule has 0 bridgehead atoms. The number of rotatable bonds is 2. The molecule has 5 heteroatoms. The fourth-order valence-electron chi connectivity index (χ4n) is 0.636. The average molecular weight is 155 g/mol. The molecule has 1 heterocycles. The first-order valence-electron chi connectivity index (χ1n) is 3.26. The molecule has 0 unspecified atom stereocenters. The summed E-state index contributed by atoms with van der Waals surface area (Å²) in [7, 11) is 0. The highest BCUT2D eigenvalue weighted by atomic mass is 16.5. The third kappa shape index (κ3) is 1.69. The maximum Gasteiger partial charge on any atom is 0.208 e. The Morgan fingerprint density at radius 1 is 1.55 bits per heavy atom. The van der Waals surface area contributed by atoms with E-state index in [1.165, 1.54) is 12.3 Å². The summed E-state index contributed by atoms with van der Waals surface area (Å²) in [5.41, 5.74) is 0.120. The molecule has 5 nitrogen and oxygen atoms in total. The van der Waals surface area contributed by atoms with Gasteiger partial charge in [-0.15, -0.1) is 10.2 Å². The van der Waals surface area contributed by atoms with Gasteiger partial charge in [0.2, 0.25) is 5.79 Å². The molecule has 0 fully saturated rings. The summed E-state index contributed by atoms with van der Waals surface area (Å²) in [6.07, 6.45) is 1.53. The fourth-order valence-corrected chi connectivity index (χ4v) is 0.636. The van der Waals surface area contributed by atoms with E-state index in [1.807, 2.05) is 0 Å². The van der Waals surface area contributed by atoms with Gasteiger partial charge in [0.15, 0.2) is 0 Å². The summed E-state index contributed by atoms with van der Waals surface area (Å²) in [6, 6.07) is 1.41. The molecule has 1 rings (SSSR count). The standard InChI is InChI=1S/C6H9N3O2/c1-2-6(10,11)5-3-4-7-9-8-5/h3-4,10-11H,2H2,1H3. The molecule has 0 aliphatic heterocycles. The first kappa shape index (κ1) is 8.03. The molecule has 0 aliphatic carbocycles. The maximum atomic E-state index is 9.22. The minimum Gasteiger partial charge on any atom is -0.361 e. The van der Waals surface area contributed by atoms with Crippen molar-refractivity contribution in [2.24, 2.45) is 0 Å². The number of hydrogen-bond acceptors (Lipinski definition) is 5. The minimum absolute atomic E-state index is 0.120. The molecule has 0 aliphatic rings. The topological polar surface area (TPSA) is 79.1 Å². The van der Waals surface area contributed by atoms with Gasteiger partial charge in [-0.2, -0.15) is 0 Å². The first-order chi connectivity index (χ1) is 5.17. The van der Waals surface area contributed by atoms with E-state index in [9.17, 15) is 10.2 Å². The van der Waals surface area contributed by atoms with Crippen LogP contribution in [-0.2, 0) is 5.79 Å². The minimum atomic E-state index is -1.88. The van der Waals surface area contributed by atoms with Crippen LogP contribution in [0.15, 0.2) is 12.3 Å². The van der Waals surface area contributed by atoms with Crippen molar-refractivity contribution >= 4 is 0 Å². The molecule has 60 valence electrons. The maximum absolute atomic E-state index is 9.22. The van der Waals surface area contributed by atoms with Crippen LogP contribution in [0.2, 0.25) is 0 Å². The molecule has 0 amide bonds. The van der Waals surface area contributed by atoms with Crippen molar-refractivity contribution < 1.29 is 10.2 Å². The van der Waals surface area contributed by atoms with Gasteiger partial charge in [0.05, 0.1) is 6.20 Å². The molecule has 2 N–H and O–H groups in total. The van der Waals surface area contributed by atoms with Gasteiger partial charge < -0.3 is 10.2 Å². The Hall–Kier alpha value is -1.07. The van der Waals surface area contributed by atoms with Crippen LogP contribution in [0.3, 0.4) is 0 Å². The molecule has 11 heavy (non-hydrogen) atoms.